The molecule has 0 bridgehead atoms. The molecule has 26 heavy (non-hydrogen) atoms. The molecule has 0 spiro atoms. The van der Waals surface area contributed by atoms with Crippen LogP contribution < -0.4 is 29.0 Å². The summed E-state index contributed by atoms with van der Waals surface area (Å²) < 4.78 is 26.8. The van der Waals surface area contributed by atoms with Crippen LogP contribution in [0.4, 0.5) is 0 Å². The van der Waals surface area contributed by atoms with Crippen LogP contribution in [-0.2, 0) is 13.0 Å². The predicted molar refractivity (Wildman–Crippen MR) is 101 cm³/mol. The smallest absolute Gasteiger partial charge is 0.203 e. The lowest BCUT2D eigenvalue weighted by Gasteiger charge is -2.15. The van der Waals surface area contributed by atoms with Crippen molar-refractivity contribution in [2.24, 2.45) is 0 Å². The molecule has 0 aliphatic carbocycles. The Bertz CT molecular complexity index is 692. The highest BCUT2D eigenvalue weighted by atomic mass is 16.5. The third-order valence-corrected chi connectivity index (χ3v) is 4.11. The van der Waals surface area contributed by atoms with Crippen LogP contribution in [0, 0.1) is 0 Å². The fraction of sp³-hybridized carbons (Fsp3) is 0.400. The lowest BCUT2D eigenvalue weighted by atomic mass is 10.1. The van der Waals surface area contributed by atoms with Crippen LogP contribution in [0.2, 0.25) is 0 Å². The lowest BCUT2D eigenvalue weighted by Crippen LogP contribution is -2.17. The highest BCUT2D eigenvalue weighted by Crippen LogP contribution is 2.38. The van der Waals surface area contributed by atoms with Crippen molar-refractivity contribution in [3.63, 3.8) is 0 Å². The van der Waals surface area contributed by atoms with Gasteiger partial charge in [0.25, 0.3) is 0 Å². The van der Waals surface area contributed by atoms with Crippen LogP contribution in [0.5, 0.6) is 28.7 Å². The summed E-state index contributed by atoms with van der Waals surface area (Å²) >= 11 is 0. The van der Waals surface area contributed by atoms with E-state index in [1.165, 1.54) is 0 Å². The predicted octanol–water partition coefficient (Wildman–Crippen LogP) is 3.06. The van der Waals surface area contributed by atoms with Crippen LogP contribution >= 0.6 is 0 Å². The Kier molecular flexibility index (Phi) is 7.41. The minimum atomic E-state index is 0.597. The van der Waals surface area contributed by atoms with Gasteiger partial charge in [-0.25, -0.2) is 0 Å². The van der Waals surface area contributed by atoms with Crippen LogP contribution in [0.1, 0.15) is 11.1 Å². The first kappa shape index (κ1) is 19.7. The monoisotopic (exact) mass is 361 g/mol. The Hall–Kier alpha value is -2.60. The molecule has 0 saturated heterocycles. The van der Waals surface area contributed by atoms with E-state index in [1.807, 2.05) is 30.3 Å². The molecule has 0 fully saturated rings. The maximum Gasteiger partial charge on any atom is 0.203 e. The second-order valence-electron chi connectivity index (χ2n) is 5.64. The zero-order valence-electron chi connectivity index (χ0n) is 16.0. The average Bonchev–Trinajstić information content (AvgIpc) is 2.69. The SMILES string of the molecule is COc1ccc(OC)c(CCNCc2cc(OC)c(OC)c(OC)c2)c1. The molecule has 6 heteroatoms. The van der Waals surface area contributed by atoms with Gasteiger partial charge in [-0.2, -0.15) is 0 Å². The second-order valence-corrected chi connectivity index (χ2v) is 5.64. The van der Waals surface area contributed by atoms with Gasteiger partial charge in [0.05, 0.1) is 35.5 Å². The normalized spacial score (nSPS) is 10.3. The van der Waals surface area contributed by atoms with Crippen LogP contribution in [0.15, 0.2) is 30.3 Å². The van der Waals surface area contributed by atoms with Gasteiger partial charge in [0.1, 0.15) is 11.5 Å². The first-order valence-corrected chi connectivity index (χ1v) is 8.37. The van der Waals surface area contributed by atoms with Crippen molar-refractivity contribution in [2.75, 3.05) is 42.1 Å². The van der Waals surface area contributed by atoms with Gasteiger partial charge in [-0.3, -0.25) is 0 Å². The molecular weight excluding hydrogens is 334 g/mol. The Labute approximate surface area is 155 Å². The summed E-state index contributed by atoms with van der Waals surface area (Å²) in [5.41, 5.74) is 2.15. The van der Waals surface area contributed by atoms with Crippen molar-refractivity contribution in [1.29, 1.82) is 0 Å². The van der Waals surface area contributed by atoms with E-state index in [1.54, 1.807) is 35.5 Å². The van der Waals surface area contributed by atoms with Crippen molar-refractivity contribution in [3.8, 4) is 28.7 Å². The van der Waals surface area contributed by atoms with Crippen LogP contribution in [0.25, 0.3) is 0 Å². The number of benzene rings is 2. The van der Waals surface area contributed by atoms with Gasteiger partial charge >= 0.3 is 0 Å². The number of rotatable bonds is 10. The maximum absolute atomic E-state index is 5.42. The number of nitrogens with one attached hydrogen (secondary N) is 1. The summed E-state index contributed by atoms with van der Waals surface area (Å²) in [6, 6.07) is 9.71. The summed E-state index contributed by atoms with van der Waals surface area (Å²) in [7, 11) is 8.16. The van der Waals surface area contributed by atoms with Crippen molar-refractivity contribution >= 4 is 0 Å². The number of ether oxygens (including phenoxy) is 5. The number of hydrogen-bond donors (Lipinski definition) is 1. The summed E-state index contributed by atoms with van der Waals surface area (Å²) in [6.07, 6.45) is 0.824. The average molecular weight is 361 g/mol. The molecule has 0 unspecified atom stereocenters. The highest BCUT2D eigenvalue weighted by Gasteiger charge is 2.13. The lowest BCUT2D eigenvalue weighted by molar-refractivity contribution is 0.323. The standard InChI is InChI=1S/C20H27NO5/c1-22-16-6-7-17(23-2)15(12-16)8-9-21-13-14-10-18(24-3)20(26-5)19(11-14)25-4/h6-7,10-12,21H,8-9,13H2,1-5H3. The fourth-order valence-electron chi connectivity index (χ4n) is 2.77. The van der Waals surface area contributed by atoms with Gasteiger partial charge in [-0.05, 0) is 54.4 Å². The molecule has 2 aromatic rings. The number of methoxy groups -OCH3 is 5. The molecule has 2 aromatic carbocycles. The first-order chi connectivity index (χ1) is 12.7. The topological polar surface area (TPSA) is 58.2 Å². The molecule has 0 aliphatic heterocycles. The van der Waals surface area contributed by atoms with E-state index in [9.17, 15) is 0 Å². The zero-order valence-corrected chi connectivity index (χ0v) is 16.0. The summed E-state index contributed by atoms with van der Waals surface area (Å²) in [4.78, 5) is 0. The van der Waals surface area contributed by atoms with E-state index in [0.717, 1.165) is 35.6 Å². The minimum absolute atomic E-state index is 0.597. The molecular formula is C20H27NO5. The Morgan fingerprint density at radius 3 is 1.92 bits per heavy atom. The van der Waals surface area contributed by atoms with Gasteiger partial charge < -0.3 is 29.0 Å². The molecule has 0 aromatic heterocycles. The Morgan fingerprint density at radius 2 is 1.38 bits per heavy atom. The quantitative estimate of drug-likeness (QED) is 0.657. The summed E-state index contributed by atoms with van der Waals surface area (Å²) in [5.74, 6) is 3.59. The maximum atomic E-state index is 5.42. The van der Waals surface area contributed by atoms with E-state index in [-0.39, 0.29) is 0 Å². The Balaban J connectivity index is 2.00. The third-order valence-electron chi connectivity index (χ3n) is 4.11. The zero-order chi connectivity index (χ0) is 18.9. The Morgan fingerprint density at radius 1 is 0.731 bits per heavy atom. The minimum Gasteiger partial charge on any atom is -0.497 e. The summed E-state index contributed by atoms with van der Waals surface area (Å²) in [5, 5.41) is 3.43. The molecule has 0 amide bonds. The molecule has 0 atom stereocenters. The van der Waals surface area contributed by atoms with Gasteiger partial charge in [-0.15, -0.1) is 0 Å². The van der Waals surface area contributed by atoms with Gasteiger partial charge in [0.15, 0.2) is 11.5 Å². The molecule has 6 nitrogen and oxygen atoms in total. The summed E-state index contributed by atoms with van der Waals surface area (Å²) in [6.45, 7) is 1.48. The van der Waals surface area contributed by atoms with E-state index in [2.05, 4.69) is 5.32 Å². The van der Waals surface area contributed by atoms with Crippen LogP contribution in [-0.4, -0.2) is 42.1 Å². The van der Waals surface area contributed by atoms with E-state index < -0.39 is 0 Å². The van der Waals surface area contributed by atoms with Gasteiger partial charge in [0.2, 0.25) is 5.75 Å². The molecule has 0 aliphatic rings. The van der Waals surface area contributed by atoms with Crippen LogP contribution in [0.3, 0.4) is 0 Å². The highest BCUT2D eigenvalue weighted by molar-refractivity contribution is 5.53. The molecule has 0 saturated carbocycles. The van der Waals surface area contributed by atoms with Crippen molar-refractivity contribution in [3.05, 3.63) is 41.5 Å². The second kappa shape index (κ2) is 9.77. The fourth-order valence-corrected chi connectivity index (χ4v) is 2.77. The van der Waals surface area contributed by atoms with Gasteiger partial charge in [-0.1, -0.05) is 0 Å². The van der Waals surface area contributed by atoms with Gasteiger partial charge in [0, 0.05) is 6.54 Å². The molecule has 0 radical (unpaired) electrons. The molecule has 142 valence electrons. The van der Waals surface area contributed by atoms with E-state index in [0.29, 0.717) is 23.8 Å². The number of hydrogen-bond acceptors (Lipinski definition) is 6. The largest absolute Gasteiger partial charge is 0.497 e. The molecule has 0 heterocycles. The van der Waals surface area contributed by atoms with Crippen molar-refractivity contribution < 1.29 is 23.7 Å². The third kappa shape index (κ3) is 4.73. The molecule has 1 N–H and O–H groups in total. The molecule has 2 rings (SSSR count). The van der Waals surface area contributed by atoms with Crippen molar-refractivity contribution in [1.82, 2.24) is 5.32 Å². The van der Waals surface area contributed by atoms with E-state index >= 15 is 0 Å². The van der Waals surface area contributed by atoms with Crippen molar-refractivity contribution in [2.45, 2.75) is 13.0 Å². The first-order valence-electron chi connectivity index (χ1n) is 8.37. The van der Waals surface area contributed by atoms with E-state index in [4.69, 9.17) is 23.7 Å².